The molecule has 0 spiro atoms. The first-order valence-corrected chi connectivity index (χ1v) is 9.15. The molecule has 0 aliphatic carbocycles. The van der Waals surface area contributed by atoms with Gasteiger partial charge in [0.05, 0.1) is 37.2 Å². The van der Waals surface area contributed by atoms with Gasteiger partial charge in [-0.2, -0.15) is 5.10 Å². The summed E-state index contributed by atoms with van der Waals surface area (Å²) in [6.07, 6.45) is 7.82. The molecule has 4 rings (SSSR count). The minimum absolute atomic E-state index is 0.0540. The number of carbonyl (C=O) groups excluding carboxylic acids is 1. The quantitative estimate of drug-likeness (QED) is 0.715. The van der Waals surface area contributed by atoms with Crippen molar-refractivity contribution in [2.24, 2.45) is 7.05 Å². The van der Waals surface area contributed by atoms with Crippen LogP contribution in [0.25, 0.3) is 0 Å². The van der Waals surface area contributed by atoms with E-state index in [4.69, 9.17) is 9.40 Å². The minimum Gasteiger partial charge on any atom is -0.467 e. The Morgan fingerprint density at radius 1 is 1.37 bits per heavy atom. The molecule has 142 valence electrons. The van der Waals surface area contributed by atoms with Crippen LogP contribution in [0.3, 0.4) is 0 Å². The molecule has 3 aromatic heterocycles. The third-order valence-electron chi connectivity index (χ3n) is 4.93. The van der Waals surface area contributed by atoms with Crippen LogP contribution in [0.5, 0.6) is 0 Å². The summed E-state index contributed by atoms with van der Waals surface area (Å²) in [6, 6.07) is 3.84. The second-order valence-electron chi connectivity index (χ2n) is 6.99. The number of hydrogen-bond donors (Lipinski definition) is 1. The average Bonchev–Trinajstić information content (AvgIpc) is 3.37. The number of nitrogens with zero attached hydrogens (tertiary/aromatic N) is 5. The number of nitrogens with one attached hydrogen (secondary N) is 1. The van der Waals surface area contributed by atoms with Crippen LogP contribution in [0.4, 0.5) is 0 Å². The molecule has 3 aromatic rings. The first-order valence-electron chi connectivity index (χ1n) is 9.15. The summed E-state index contributed by atoms with van der Waals surface area (Å²) >= 11 is 0. The van der Waals surface area contributed by atoms with E-state index in [-0.39, 0.29) is 18.4 Å². The normalized spacial score (nSPS) is 17.0. The molecule has 0 radical (unpaired) electrons. The van der Waals surface area contributed by atoms with E-state index in [1.54, 1.807) is 6.26 Å². The van der Waals surface area contributed by atoms with Crippen molar-refractivity contribution in [2.75, 3.05) is 6.54 Å². The lowest BCUT2D eigenvalue weighted by Gasteiger charge is -2.33. The van der Waals surface area contributed by atoms with Crippen LogP contribution in [0, 0.1) is 0 Å². The van der Waals surface area contributed by atoms with E-state index in [0.29, 0.717) is 6.54 Å². The van der Waals surface area contributed by atoms with E-state index in [1.807, 2.05) is 42.5 Å². The molecule has 0 bridgehead atoms. The predicted molar refractivity (Wildman–Crippen MR) is 98.5 cm³/mol. The standard InChI is InChI=1S/C19H24N6O2/c1-14-19-22-16(8-18(26)20-10-17-4-3-7-27-17)13-25(19)6-5-24(14)12-15-9-21-23(2)11-15/h3-4,7,9,11,13-14H,5-6,8,10,12H2,1-2H3,(H,20,26). The van der Waals surface area contributed by atoms with Gasteiger partial charge in [0.2, 0.25) is 5.91 Å². The van der Waals surface area contributed by atoms with Gasteiger partial charge in [-0.05, 0) is 19.1 Å². The topological polar surface area (TPSA) is 81.1 Å². The SMILES string of the molecule is CC1c2nc(CC(=O)NCc3ccco3)cn2CCN1Cc1cnn(C)c1. The summed E-state index contributed by atoms with van der Waals surface area (Å²) in [6.45, 7) is 5.23. The fourth-order valence-electron chi connectivity index (χ4n) is 3.51. The van der Waals surface area contributed by atoms with Gasteiger partial charge in [-0.3, -0.25) is 14.4 Å². The van der Waals surface area contributed by atoms with Crippen molar-refractivity contribution in [3.8, 4) is 0 Å². The Balaban J connectivity index is 1.37. The fourth-order valence-corrected chi connectivity index (χ4v) is 3.51. The minimum atomic E-state index is -0.0540. The second kappa shape index (κ2) is 7.40. The van der Waals surface area contributed by atoms with Crippen molar-refractivity contribution >= 4 is 5.91 Å². The molecule has 1 amide bonds. The van der Waals surface area contributed by atoms with Crippen LogP contribution < -0.4 is 5.32 Å². The van der Waals surface area contributed by atoms with Gasteiger partial charge in [0.25, 0.3) is 0 Å². The zero-order chi connectivity index (χ0) is 18.8. The molecule has 0 fully saturated rings. The van der Waals surface area contributed by atoms with E-state index in [0.717, 1.165) is 36.9 Å². The number of aryl methyl sites for hydroxylation is 1. The fraction of sp³-hybridized carbons (Fsp3) is 0.421. The number of aromatic nitrogens is 4. The highest BCUT2D eigenvalue weighted by molar-refractivity contribution is 5.77. The Labute approximate surface area is 157 Å². The van der Waals surface area contributed by atoms with Crippen molar-refractivity contribution in [3.63, 3.8) is 0 Å². The van der Waals surface area contributed by atoms with E-state index in [2.05, 4.69) is 26.8 Å². The Hall–Kier alpha value is -2.87. The Bertz CT molecular complexity index is 911. The van der Waals surface area contributed by atoms with E-state index in [1.165, 1.54) is 5.56 Å². The molecular formula is C19H24N6O2. The number of fused-ring (bicyclic) bond motifs is 1. The highest BCUT2D eigenvalue weighted by Gasteiger charge is 2.26. The maximum Gasteiger partial charge on any atom is 0.226 e. The van der Waals surface area contributed by atoms with E-state index < -0.39 is 0 Å². The van der Waals surface area contributed by atoms with Crippen LogP contribution in [0.15, 0.2) is 41.4 Å². The van der Waals surface area contributed by atoms with Gasteiger partial charge in [0.1, 0.15) is 11.6 Å². The van der Waals surface area contributed by atoms with Gasteiger partial charge in [-0.1, -0.05) is 0 Å². The Morgan fingerprint density at radius 3 is 3.00 bits per heavy atom. The summed E-state index contributed by atoms with van der Waals surface area (Å²) in [5.41, 5.74) is 2.00. The van der Waals surface area contributed by atoms with Gasteiger partial charge in [-0.15, -0.1) is 0 Å². The average molecular weight is 368 g/mol. The lowest BCUT2D eigenvalue weighted by atomic mass is 10.2. The second-order valence-corrected chi connectivity index (χ2v) is 6.99. The van der Waals surface area contributed by atoms with Crippen molar-refractivity contribution in [1.29, 1.82) is 0 Å². The third kappa shape index (κ3) is 3.95. The van der Waals surface area contributed by atoms with Crippen LogP contribution in [-0.4, -0.2) is 36.7 Å². The van der Waals surface area contributed by atoms with Crippen LogP contribution in [-0.2, 0) is 37.9 Å². The number of furan rings is 1. The number of imidazole rings is 1. The van der Waals surface area contributed by atoms with Gasteiger partial charge >= 0.3 is 0 Å². The monoisotopic (exact) mass is 368 g/mol. The number of rotatable bonds is 6. The Morgan fingerprint density at radius 2 is 2.26 bits per heavy atom. The highest BCUT2D eigenvalue weighted by Crippen LogP contribution is 2.26. The lowest BCUT2D eigenvalue weighted by molar-refractivity contribution is -0.120. The predicted octanol–water partition coefficient (Wildman–Crippen LogP) is 1.65. The van der Waals surface area contributed by atoms with E-state index in [9.17, 15) is 4.79 Å². The number of carbonyl (C=O) groups is 1. The van der Waals surface area contributed by atoms with Crippen LogP contribution >= 0.6 is 0 Å². The summed E-state index contributed by atoms with van der Waals surface area (Å²) in [5.74, 6) is 1.70. The summed E-state index contributed by atoms with van der Waals surface area (Å²) in [7, 11) is 1.93. The van der Waals surface area contributed by atoms with E-state index >= 15 is 0 Å². The lowest BCUT2D eigenvalue weighted by Crippen LogP contribution is -2.36. The summed E-state index contributed by atoms with van der Waals surface area (Å²) < 4.78 is 9.22. The molecule has 1 N–H and O–H groups in total. The summed E-state index contributed by atoms with van der Waals surface area (Å²) in [4.78, 5) is 19.3. The smallest absolute Gasteiger partial charge is 0.226 e. The molecule has 8 nitrogen and oxygen atoms in total. The van der Waals surface area contributed by atoms with Crippen LogP contribution in [0.2, 0.25) is 0 Å². The molecule has 1 atom stereocenters. The van der Waals surface area contributed by atoms with Gasteiger partial charge in [0, 0.05) is 44.6 Å². The largest absolute Gasteiger partial charge is 0.467 e. The molecule has 1 unspecified atom stereocenters. The van der Waals surface area contributed by atoms with Gasteiger partial charge < -0.3 is 14.3 Å². The first kappa shape index (κ1) is 17.5. The van der Waals surface area contributed by atoms with Crippen molar-refractivity contribution in [2.45, 2.75) is 39.0 Å². The Kier molecular flexibility index (Phi) is 4.81. The molecule has 0 saturated heterocycles. The van der Waals surface area contributed by atoms with Crippen molar-refractivity contribution < 1.29 is 9.21 Å². The number of hydrogen-bond acceptors (Lipinski definition) is 5. The molecule has 4 heterocycles. The molecule has 0 saturated carbocycles. The molecule has 1 aliphatic heterocycles. The highest BCUT2D eigenvalue weighted by atomic mass is 16.3. The summed E-state index contributed by atoms with van der Waals surface area (Å²) in [5, 5.41) is 7.11. The number of amides is 1. The zero-order valence-corrected chi connectivity index (χ0v) is 15.6. The third-order valence-corrected chi connectivity index (χ3v) is 4.93. The molecule has 1 aliphatic rings. The first-order chi connectivity index (χ1) is 13.1. The molecular weight excluding hydrogens is 344 g/mol. The van der Waals surface area contributed by atoms with Crippen molar-refractivity contribution in [3.05, 3.63) is 59.8 Å². The maximum absolute atomic E-state index is 12.2. The maximum atomic E-state index is 12.2. The van der Waals surface area contributed by atoms with Gasteiger partial charge in [-0.25, -0.2) is 4.98 Å². The molecule has 27 heavy (non-hydrogen) atoms. The van der Waals surface area contributed by atoms with Gasteiger partial charge in [0.15, 0.2) is 0 Å². The molecule has 8 heteroatoms. The van der Waals surface area contributed by atoms with Crippen LogP contribution in [0.1, 0.15) is 35.8 Å². The van der Waals surface area contributed by atoms with Crippen molar-refractivity contribution in [1.82, 2.24) is 29.5 Å². The zero-order valence-electron chi connectivity index (χ0n) is 15.6. The molecule has 0 aromatic carbocycles.